The minimum absolute atomic E-state index is 0.109. The zero-order chi connectivity index (χ0) is 15.1. The number of nitrogens with one attached hydrogen (secondary N) is 2. The largest absolute Gasteiger partial charge is 0.352 e. The molecule has 0 aliphatic heterocycles. The van der Waals surface area contributed by atoms with Gasteiger partial charge in [-0.3, -0.25) is 14.3 Å². The van der Waals surface area contributed by atoms with E-state index >= 15 is 0 Å². The molecular weight excluding hydrogens is 268 g/mol. The zero-order valence-corrected chi connectivity index (χ0v) is 11.9. The van der Waals surface area contributed by atoms with E-state index in [-0.39, 0.29) is 11.8 Å². The van der Waals surface area contributed by atoms with Crippen molar-refractivity contribution in [3.8, 4) is 0 Å². The minimum atomic E-state index is -0.124. The first-order valence-electron chi connectivity index (χ1n) is 6.78. The lowest BCUT2D eigenvalue weighted by Crippen LogP contribution is -2.25. The number of benzene rings is 1. The van der Waals surface area contributed by atoms with E-state index in [1.54, 1.807) is 36.1 Å². The summed E-state index contributed by atoms with van der Waals surface area (Å²) in [6.45, 7) is 0.462. The first kappa shape index (κ1) is 14.8. The van der Waals surface area contributed by atoms with Crippen molar-refractivity contribution in [3.05, 3.63) is 48.2 Å². The van der Waals surface area contributed by atoms with E-state index in [9.17, 15) is 9.59 Å². The van der Waals surface area contributed by atoms with E-state index in [2.05, 4.69) is 15.7 Å². The van der Waals surface area contributed by atoms with Gasteiger partial charge in [-0.05, 0) is 18.6 Å². The van der Waals surface area contributed by atoms with Crippen molar-refractivity contribution in [2.24, 2.45) is 7.05 Å². The molecule has 0 radical (unpaired) electrons. The van der Waals surface area contributed by atoms with E-state index in [1.165, 1.54) is 0 Å². The van der Waals surface area contributed by atoms with Crippen molar-refractivity contribution in [1.29, 1.82) is 0 Å². The number of carbonyl (C=O) groups is 2. The highest BCUT2D eigenvalue weighted by Gasteiger charge is 2.06. The van der Waals surface area contributed by atoms with Gasteiger partial charge >= 0.3 is 0 Å². The second-order valence-electron chi connectivity index (χ2n) is 4.65. The Labute approximate surface area is 123 Å². The van der Waals surface area contributed by atoms with Crippen LogP contribution in [0, 0.1) is 0 Å². The highest BCUT2D eigenvalue weighted by molar-refractivity contribution is 5.94. The standard InChI is InChI=1S/C15H18N4O2/c1-19-11-9-13(18-19)17-14(20)8-5-10-16-15(21)12-6-3-2-4-7-12/h2-4,6-7,9,11H,5,8,10H2,1H3,(H,16,21)(H,17,18,20). The molecule has 6 heteroatoms. The molecule has 21 heavy (non-hydrogen) atoms. The summed E-state index contributed by atoms with van der Waals surface area (Å²) in [6, 6.07) is 10.7. The second-order valence-corrected chi connectivity index (χ2v) is 4.65. The molecule has 0 unspecified atom stereocenters. The summed E-state index contributed by atoms with van der Waals surface area (Å²) in [7, 11) is 1.79. The topological polar surface area (TPSA) is 76.0 Å². The second kappa shape index (κ2) is 7.23. The van der Waals surface area contributed by atoms with Crippen molar-refractivity contribution in [2.45, 2.75) is 12.8 Å². The molecule has 0 fully saturated rings. The highest BCUT2D eigenvalue weighted by atomic mass is 16.2. The number of aryl methyl sites for hydroxylation is 1. The van der Waals surface area contributed by atoms with Crippen LogP contribution in [0.1, 0.15) is 23.2 Å². The van der Waals surface area contributed by atoms with Crippen LogP contribution in [0.25, 0.3) is 0 Å². The Hall–Kier alpha value is -2.63. The first-order valence-corrected chi connectivity index (χ1v) is 6.78. The average Bonchev–Trinajstić information content (AvgIpc) is 2.89. The van der Waals surface area contributed by atoms with Crippen LogP contribution in [-0.2, 0) is 11.8 Å². The number of aromatic nitrogens is 2. The molecule has 0 saturated heterocycles. The maximum Gasteiger partial charge on any atom is 0.251 e. The minimum Gasteiger partial charge on any atom is -0.352 e. The van der Waals surface area contributed by atoms with E-state index in [0.717, 1.165) is 0 Å². The predicted molar refractivity (Wildman–Crippen MR) is 79.8 cm³/mol. The van der Waals surface area contributed by atoms with Crippen LogP contribution in [0.4, 0.5) is 5.82 Å². The van der Waals surface area contributed by atoms with Crippen molar-refractivity contribution in [1.82, 2.24) is 15.1 Å². The lowest BCUT2D eigenvalue weighted by molar-refractivity contribution is -0.116. The Bertz CT molecular complexity index is 607. The van der Waals surface area contributed by atoms with Crippen molar-refractivity contribution >= 4 is 17.6 Å². The normalized spacial score (nSPS) is 10.1. The van der Waals surface area contributed by atoms with Gasteiger partial charge in [0.25, 0.3) is 5.91 Å². The molecule has 0 saturated carbocycles. The third-order valence-corrected chi connectivity index (χ3v) is 2.88. The summed E-state index contributed by atoms with van der Waals surface area (Å²) in [5.74, 6) is 0.305. The molecule has 2 aromatic rings. The molecule has 6 nitrogen and oxygen atoms in total. The molecule has 1 aromatic heterocycles. The smallest absolute Gasteiger partial charge is 0.251 e. The molecule has 2 amide bonds. The van der Waals surface area contributed by atoms with Crippen LogP contribution >= 0.6 is 0 Å². The summed E-state index contributed by atoms with van der Waals surface area (Å²) >= 11 is 0. The fourth-order valence-corrected chi connectivity index (χ4v) is 1.83. The first-order chi connectivity index (χ1) is 10.1. The molecule has 0 aliphatic carbocycles. The van der Waals surface area contributed by atoms with Crippen LogP contribution in [0.2, 0.25) is 0 Å². The average molecular weight is 286 g/mol. The molecule has 0 bridgehead atoms. The Kier molecular flexibility index (Phi) is 5.09. The number of hydrogen-bond acceptors (Lipinski definition) is 3. The molecule has 0 spiro atoms. The summed E-state index contributed by atoms with van der Waals surface area (Å²) in [6.07, 6.45) is 2.68. The summed E-state index contributed by atoms with van der Waals surface area (Å²) in [5.41, 5.74) is 0.621. The SMILES string of the molecule is Cn1ccc(NC(=O)CCCNC(=O)c2ccccc2)n1. The molecule has 110 valence electrons. The van der Waals surface area contributed by atoms with E-state index < -0.39 is 0 Å². The molecule has 2 rings (SSSR count). The van der Waals surface area contributed by atoms with Gasteiger partial charge in [-0.2, -0.15) is 5.10 Å². The Morgan fingerprint density at radius 2 is 1.95 bits per heavy atom. The van der Waals surface area contributed by atoms with Gasteiger partial charge in [-0.15, -0.1) is 0 Å². The molecule has 0 aliphatic rings. The van der Waals surface area contributed by atoms with Crippen LogP contribution < -0.4 is 10.6 Å². The van der Waals surface area contributed by atoms with Crippen LogP contribution in [0.5, 0.6) is 0 Å². The van der Waals surface area contributed by atoms with E-state index in [4.69, 9.17) is 0 Å². The Morgan fingerprint density at radius 3 is 2.62 bits per heavy atom. The van der Waals surface area contributed by atoms with Crippen molar-refractivity contribution in [3.63, 3.8) is 0 Å². The van der Waals surface area contributed by atoms with Crippen molar-refractivity contribution in [2.75, 3.05) is 11.9 Å². The van der Waals surface area contributed by atoms with Crippen LogP contribution in [0.3, 0.4) is 0 Å². The summed E-state index contributed by atoms with van der Waals surface area (Å²) < 4.78 is 1.62. The Balaban J connectivity index is 1.65. The van der Waals surface area contributed by atoms with Gasteiger partial charge in [-0.1, -0.05) is 18.2 Å². The number of hydrogen-bond donors (Lipinski definition) is 2. The van der Waals surface area contributed by atoms with Gasteiger partial charge in [0.2, 0.25) is 5.91 Å². The molecule has 0 atom stereocenters. The summed E-state index contributed by atoms with van der Waals surface area (Å²) in [4.78, 5) is 23.4. The third-order valence-electron chi connectivity index (χ3n) is 2.88. The zero-order valence-electron chi connectivity index (χ0n) is 11.9. The maximum absolute atomic E-state index is 11.8. The fraction of sp³-hybridized carbons (Fsp3) is 0.267. The van der Waals surface area contributed by atoms with Crippen LogP contribution in [0.15, 0.2) is 42.6 Å². The monoisotopic (exact) mass is 286 g/mol. The lowest BCUT2D eigenvalue weighted by atomic mass is 10.2. The number of anilines is 1. The number of nitrogens with zero attached hydrogens (tertiary/aromatic N) is 2. The van der Waals surface area contributed by atoms with Crippen LogP contribution in [-0.4, -0.2) is 28.1 Å². The van der Waals surface area contributed by atoms with Gasteiger partial charge in [-0.25, -0.2) is 0 Å². The number of carbonyl (C=O) groups excluding carboxylic acids is 2. The molecule has 2 N–H and O–H groups in total. The van der Waals surface area contributed by atoms with Gasteiger partial charge in [0, 0.05) is 37.8 Å². The quantitative estimate of drug-likeness (QED) is 0.791. The van der Waals surface area contributed by atoms with Gasteiger partial charge < -0.3 is 10.6 Å². The number of amides is 2. The highest BCUT2D eigenvalue weighted by Crippen LogP contribution is 2.02. The predicted octanol–water partition coefficient (Wildman–Crippen LogP) is 1.57. The van der Waals surface area contributed by atoms with Gasteiger partial charge in [0.15, 0.2) is 5.82 Å². The van der Waals surface area contributed by atoms with Gasteiger partial charge in [0.05, 0.1) is 0 Å². The third kappa shape index (κ3) is 4.76. The maximum atomic E-state index is 11.8. The van der Waals surface area contributed by atoms with Gasteiger partial charge in [0.1, 0.15) is 0 Å². The lowest BCUT2D eigenvalue weighted by Gasteiger charge is -2.05. The number of rotatable bonds is 6. The van der Waals surface area contributed by atoms with E-state index in [0.29, 0.717) is 30.8 Å². The molecular formula is C15H18N4O2. The summed E-state index contributed by atoms with van der Waals surface area (Å²) in [5, 5.41) is 9.54. The molecule has 1 heterocycles. The Morgan fingerprint density at radius 1 is 1.19 bits per heavy atom. The molecule has 1 aromatic carbocycles. The fourth-order valence-electron chi connectivity index (χ4n) is 1.83. The van der Waals surface area contributed by atoms with Crippen molar-refractivity contribution < 1.29 is 9.59 Å². The van der Waals surface area contributed by atoms with E-state index in [1.807, 2.05) is 18.2 Å².